The quantitative estimate of drug-likeness (QED) is 0.643. The van der Waals surface area contributed by atoms with Crippen LogP contribution < -0.4 is 15.5 Å². The number of aromatic nitrogens is 1. The lowest BCUT2D eigenvalue weighted by atomic mass is 10.2. The van der Waals surface area contributed by atoms with Gasteiger partial charge in [-0.2, -0.15) is 13.2 Å². The molecule has 1 aliphatic heterocycles. The lowest BCUT2D eigenvalue weighted by molar-refractivity contribution is -0.132. The summed E-state index contributed by atoms with van der Waals surface area (Å²) in [7, 11) is 1.53. The Hall–Kier alpha value is -1.99. The number of nitrogens with one attached hydrogen (secondary N) is 2. The van der Waals surface area contributed by atoms with Gasteiger partial charge in [-0.15, -0.1) is 0 Å². The summed E-state index contributed by atoms with van der Waals surface area (Å²) in [4.78, 5) is 10.5. The maximum Gasteiger partial charge on any atom is 0.390 e. The number of aliphatic imine (C=N–C) groups is 1. The highest BCUT2D eigenvalue weighted by Gasteiger charge is 2.26. The second kappa shape index (κ2) is 8.03. The molecule has 0 atom stereocenters. The molecule has 0 aromatic carbocycles. The molecular weight excluding hydrogens is 307 g/mol. The van der Waals surface area contributed by atoms with Crippen molar-refractivity contribution < 1.29 is 13.2 Å². The van der Waals surface area contributed by atoms with Crippen LogP contribution in [0.5, 0.6) is 0 Å². The lowest BCUT2D eigenvalue weighted by Gasteiger charge is -2.17. The number of hydrogen-bond donors (Lipinski definition) is 2. The summed E-state index contributed by atoms with van der Waals surface area (Å²) in [5.41, 5.74) is 1.01. The summed E-state index contributed by atoms with van der Waals surface area (Å²) < 4.78 is 36.4. The van der Waals surface area contributed by atoms with Gasteiger partial charge in [0.15, 0.2) is 5.96 Å². The Labute approximate surface area is 134 Å². The SMILES string of the molecule is CN=C(NCCC(F)(F)F)NCc1ccnc(N2CCCC2)c1. The van der Waals surface area contributed by atoms with Crippen LogP contribution in [0, 0.1) is 0 Å². The van der Waals surface area contributed by atoms with Crippen LogP contribution in [-0.4, -0.2) is 43.8 Å². The predicted octanol–water partition coefficient (Wildman–Crippen LogP) is 2.30. The van der Waals surface area contributed by atoms with E-state index in [1.807, 2.05) is 12.1 Å². The molecule has 8 heteroatoms. The number of pyridine rings is 1. The van der Waals surface area contributed by atoms with Crippen LogP contribution in [0.2, 0.25) is 0 Å². The molecule has 1 aliphatic rings. The molecule has 0 radical (unpaired) electrons. The number of guanidine groups is 1. The molecule has 23 heavy (non-hydrogen) atoms. The first kappa shape index (κ1) is 17.4. The van der Waals surface area contributed by atoms with Gasteiger partial charge >= 0.3 is 6.18 Å². The molecule has 2 heterocycles. The molecule has 0 aliphatic carbocycles. The summed E-state index contributed by atoms with van der Waals surface area (Å²) in [6.07, 6.45) is -0.937. The van der Waals surface area contributed by atoms with E-state index in [-0.39, 0.29) is 6.54 Å². The number of anilines is 1. The number of alkyl halides is 3. The van der Waals surface area contributed by atoms with Crippen molar-refractivity contribution in [2.75, 3.05) is 31.6 Å². The van der Waals surface area contributed by atoms with Crippen LogP contribution in [0.1, 0.15) is 24.8 Å². The Bertz CT molecular complexity index is 524. The van der Waals surface area contributed by atoms with Crippen molar-refractivity contribution >= 4 is 11.8 Å². The van der Waals surface area contributed by atoms with E-state index in [1.54, 1.807) is 6.20 Å². The third-order valence-electron chi connectivity index (χ3n) is 3.62. The molecule has 1 aromatic rings. The van der Waals surface area contributed by atoms with Gasteiger partial charge in [0.2, 0.25) is 0 Å². The maximum absolute atomic E-state index is 12.1. The highest BCUT2D eigenvalue weighted by Crippen LogP contribution is 2.19. The Balaban J connectivity index is 1.83. The fourth-order valence-electron chi connectivity index (χ4n) is 2.42. The third kappa shape index (κ3) is 5.96. The topological polar surface area (TPSA) is 52.6 Å². The van der Waals surface area contributed by atoms with Crippen LogP contribution >= 0.6 is 0 Å². The third-order valence-corrected chi connectivity index (χ3v) is 3.62. The van der Waals surface area contributed by atoms with Crippen molar-refractivity contribution in [3.63, 3.8) is 0 Å². The zero-order valence-corrected chi connectivity index (χ0v) is 13.2. The molecule has 2 rings (SSSR count). The summed E-state index contributed by atoms with van der Waals surface area (Å²) in [5, 5.41) is 5.67. The Morgan fingerprint density at radius 2 is 2.04 bits per heavy atom. The molecule has 2 N–H and O–H groups in total. The van der Waals surface area contributed by atoms with Crippen molar-refractivity contribution in [3.8, 4) is 0 Å². The molecule has 1 fully saturated rings. The van der Waals surface area contributed by atoms with E-state index in [4.69, 9.17) is 0 Å². The number of hydrogen-bond acceptors (Lipinski definition) is 3. The summed E-state index contributed by atoms with van der Waals surface area (Å²) in [5.74, 6) is 1.30. The molecule has 128 valence electrons. The van der Waals surface area contributed by atoms with E-state index in [2.05, 4.69) is 25.5 Å². The average Bonchev–Trinajstić information content (AvgIpc) is 3.04. The normalized spacial score (nSPS) is 15.8. The molecule has 5 nitrogen and oxygen atoms in total. The van der Waals surface area contributed by atoms with Gasteiger partial charge in [-0.3, -0.25) is 4.99 Å². The van der Waals surface area contributed by atoms with Gasteiger partial charge in [0.1, 0.15) is 5.82 Å². The van der Waals surface area contributed by atoms with Crippen LogP contribution in [0.3, 0.4) is 0 Å². The highest BCUT2D eigenvalue weighted by atomic mass is 19.4. The lowest BCUT2D eigenvalue weighted by Crippen LogP contribution is -2.38. The minimum Gasteiger partial charge on any atom is -0.357 e. The number of halogens is 3. The molecular formula is C15H22F3N5. The molecule has 1 saturated heterocycles. The van der Waals surface area contributed by atoms with Gasteiger partial charge < -0.3 is 15.5 Å². The molecule has 0 saturated carbocycles. The largest absolute Gasteiger partial charge is 0.390 e. The van der Waals surface area contributed by atoms with Crippen molar-refractivity contribution in [1.29, 1.82) is 0 Å². The zero-order chi connectivity index (χ0) is 16.7. The van der Waals surface area contributed by atoms with Gasteiger partial charge in [0, 0.05) is 39.4 Å². The highest BCUT2D eigenvalue weighted by molar-refractivity contribution is 5.79. The minimum atomic E-state index is -4.17. The monoisotopic (exact) mass is 329 g/mol. The van der Waals surface area contributed by atoms with Crippen molar-refractivity contribution in [2.45, 2.75) is 32.0 Å². The Morgan fingerprint density at radius 3 is 2.70 bits per heavy atom. The predicted molar refractivity (Wildman–Crippen MR) is 84.6 cm³/mol. The summed E-state index contributed by atoms with van der Waals surface area (Å²) in [6.45, 7) is 2.32. The summed E-state index contributed by atoms with van der Waals surface area (Å²) in [6, 6.07) is 3.89. The average molecular weight is 329 g/mol. The minimum absolute atomic E-state index is 0.196. The molecule has 0 bridgehead atoms. The van der Waals surface area contributed by atoms with E-state index in [9.17, 15) is 13.2 Å². The standard InChI is InChI=1S/C15H22F3N5/c1-19-14(21-7-5-15(16,17)18)22-11-12-4-6-20-13(10-12)23-8-2-3-9-23/h4,6,10H,2-3,5,7-9,11H2,1H3,(H2,19,21,22). The van der Waals surface area contributed by atoms with Gasteiger partial charge in [-0.1, -0.05) is 0 Å². The van der Waals surface area contributed by atoms with Crippen LogP contribution in [0.4, 0.5) is 19.0 Å². The van der Waals surface area contributed by atoms with Crippen molar-refractivity contribution in [3.05, 3.63) is 23.9 Å². The van der Waals surface area contributed by atoms with E-state index in [0.717, 1.165) is 24.5 Å². The van der Waals surface area contributed by atoms with E-state index < -0.39 is 12.6 Å². The first-order valence-electron chi connectivity index (χ1n) is 7.69. The van der Waals surface area contributed by atoms with Crippen LogP contribution in [0.15, 0.2) is 23.3 Å². The van der Waals surface area contributed by atoms with E-state index >= 15 is 0 Å². The van der Waals surface area contributed by atoms with E-state index in [1.165, 1.54) is 19.9 Å². The summed E-state index contributed by atoms with van der Waals surface area (Å²) >= 11 is 0. The van der Waals surface area contributed by atoms with Gasteiger partial charge in [0.05, 0.1) is 6.42 Å². The zero-order valence-electron chi connectivity index (χ0n) is 13.2. The second-order valence-corrected chi connectivity index (χ2v) is 5.43. The van der Waals surface area contributed by atoms with Crippen molar-refractivity contribution in [2.24, 2.45) is 4.99 Å². The fraction of sp³-hybridized carbons (Fsp3) is 0.600. The molecule has 1 aromatic heterocycles. The first-order chi connectivity index (χ1) is 11.0. The van der Waals surface area contributed by atoms with Crippen LogP contribution in [0.25, 0.3) is 0 Å². The second-order valence-electron chi connectivity index (χ2n) is 5.43. The van der Waals surface area contributed by atoms with Crippen molar-refractivity contribution in [1.82, 2.24) is 15.6 Å². The van der Waals surface area contributed by atoms with Gasteiger partial charge in [0.25, 0.3) is 0 Å². The maximum atomic E-state index is 12.1. The fourth-order valence-corrected chi connectivity index (χ4v) is 2.42. The van der Waals surface area contributed by atoms with E-state index in [0.29, 0.717) is 12.5 Å². The van der Waals surface area contributed by atoms with Crippen LogP contribution in [-0.2, 0) is 6.54 Å². The Morgan fingerprint density at radius 1 is 1.30 bits per heavy atom. The first-order valence-corrected chi connectivity index (χ1v) is 7.69. The molecule has 0 spiro atoms. The van der Waals surface area contributed by atoms with Gasteiger partial charge in [-0.05, 0) is 30.5 Å². The molecule has 0 amide bonds. The number of rotatable bonds is 5. The smallest absolute Gasteiger partial charge is 0.357 e. The van der Waals surface area contributed by atoms with Gasteiger partial charge in [-0.25, -0.2) is 4.98 Å². The number of nitrogens with zero attached hydrogens (tertiary/aromatic N) is 3. The molecule has 0 unspecified atom stereocenters. The Kier molecular flexibility index (Phi) is 6.06.